The van der Waals surface area contributed by atoms with Gasteiger partial charge in [0.2, 0.25) is 5.91 Å². The number of ether oxygens (including phenoxy) is 1. The van der Waals surface area contributed by atoms with Crippen LogP contribution in [0.1, 0.15) is 71.0 Å². The van der Waals surface area contributed by atoms with Crippen LogP contribution in [-0.2, 0) is 9.53 Å². The topological polar surface area (TPSA) is 61.9 Å². The number of fused-ring (bicyclic) bond motifs is 1. The fourth-order valence-electron chi connectivity index (χ4n) is 4.91. The van der Waals surface area contributed by atoms with Crippen molar-refractivity contribution in [2.75, 3.05) is 23.3 Å². The smallest absolute Gasteiger partial charge is 0.410 e. The summed E-state index contributed by atoms with van der Waals surface area (Å²) in [5, 5.41) is 3.69. The third kappa shape index (κ3) is 5.69. The van der Waals surface area contributed by atoms with Crippen molar-refractivity contribution in [1.29, 1.82) is 0 Å². The summed E-state index contributed by atoms with van der Waals surface area (Å²) in [4.78, 5) is 28.6. The van der Waals surface area contributed by atoms with Gasteiger partial charge in [0, 0.05) is 36.9 Å². The number of benzene rings is 2. The van der Waals surface area contributed by atoms with Crippen LogP contribution < -0.4 is 10.2 Å². The van der Waals surface area contributed by atoms with Crippen molar-refractivity contribution in [3.8, 4) is 0 Å². The van der Waals surface area contributed by atoms with E-state index in [-0.39, 0.29) is 24.1 Å². The van der Waals surface area contributed by atoms with Gasteiger partial charge in [-0.3, -0.25) is 4.79 Å². The van der Waals surface area contributed by atoms with Gasteiger partial charge in [-0.2, -0.15) is 0 Å². The lowest BCUT2D eigenvalue weighted by Gasteiger charge is -2.40. The highest BCUT2D eigenvalue weighted by atomic mass is 16.6. The highest BCUT2D eigenvalue weighted by Crippen LogP contribution is 2.39. The zero-order chi connectivity index (χ0) is 25.2. The summed E-state index contributed by atoms with van der Waals surface area (Å²) in [6, 6.07) is 17.0. The molecule has 2 atom stereocenters. The molecule has 2 heterocycles. The molecule has 0 aromatic heterocycles. The van der Waals surface area contributed by atoms with E-state index in [2.05, 4.69) is 48.6 Å². The number of nitrogens with one attached hydrogen (secondary N) is 1. The monoisotopic (exact) mass is 475 g/mol. The van der Waals surface area contributed by atoms with Crippen LogP contribution in [0.3, 0.4) is 0 Å². The minimum atomic E-state index is -0.482. The zero-order valence-electron chi connectivity index (χ0n) is 21.5. The molecular weight excluding hydrogens is 438 g/mol. The molecule has 0 aliphatic carbocycles. The molecular formula is C29H37N3O3. The largest absolute Gasteiger partial charge is 0.444 e. The predicted molar refractivity (Wildman–Crippen MR) is 142 cm³/mol. The van der Waals surface area contributed by atoms with Crippen molar-refractivity contribution in [2.45, 2.75) is 71.6 Å². The van der Waals surface area contributed by atoms with Gasteiger partial charge in [0.25, 0.3) is 0 Å². The molecule has 6 nitrogen and oxygen atoms in total. The first-order chi connectivity index (χ1) is 16.7. The molecule has 6 heteroatoms. The van der Waals surface area contributed by atoms with E-state index >= 15 is 0 Å². The third-order valence-corrected chi connectivity index (χ3v) is 6.62. The number of anilines is 2. The lowest BCUT2D eigenvalue weighted by molar-refractivity contribution is -0.118. The Balaban J connectivity index is 1.44. The van der Waals surface area contributed by atoms with Crippen molar-refractivity contribution in [3.63, 3.8) is 0 Å². The van der Waals surface area contributed by atoms with Crippen LogP contribution in [0.25, 0.3) is 5.57 Å². The molecule has 2 aromatic rings. The minimum absolute atomic E-state index is 0.134. The van der Waals surface area contributed by atoms with Crippen molar-refractivity contribution >= 4 is 28.9 Å². The number of nitrogens with zero attached hydrogens (tertiary/aromatic N) is 2. The second-order valence-corrected chi connectivity index (χ2v) is 10.4. The number of hydrogen-bond donors (Lipinski definition) is 1. The maximum Gasteiger partial charge on any atom is 0.410 e. The van der Waals surface area contributed by atoms with Crippen LogP contribution in [0.2, 0.25) is 0 Å². The van der Waals surface area contributed by atoms with Gasteiger partial charge in [0.05, 0.1) is 6.04 Å². The SMILES string of the molecule is CCC(=O)N1c2ccccc2[C@H](Nc2ccc(C3=CCN(C(=O)OC(C)(C)C)CC3)cc2)C[C@@H]1C. The van der Waals surface area contributed by atoms with Crippen LogP contribution in [0, 0.1) is 0 Å². The van der Waals surface area contributed by atoms with Crippen molar-refractivity contribution in [3.05, 3.63) is 65.7 Å². The van der Waals surface area contributed by atoms with Gasteiger partial charge >= 0.3 is 6.09 Å². The van der Waals surface area contributed by atoms with Gasteiger partial charge in [-0.25, -0.2) is 4.79 Å². The predicted octanol–water partition coefficient (Wildman–Crippen LogP) is 6.40. The average molecular weight is 476 g/mol. The molecule has 0 unspecified atom stereocenters. The number of hydrogen-bond acceptors (Lipinski definition) is 4. The van der Waals surface area contributed by atoms with Crippen molar-refractivity contribution in [2.24, 2.45) is 0 Å². The molecule has 0 fully saturated rings. The highest BCUT2D eigenvalue weighted by Gasteiger charge is 2.33. The normalized spacial score (nSPS) is 20.1. The summed E-state index contributed by atoms with van der Waals surface area (Å²) in [6.07, 6.45) is 4.03. The van der Waals surface area contributed by atoms with E-state index < -0.39 is 5.60 Å². The van der Waals surface area contributed by atoms with Crippen LogP contribution in [0.15, 0.2) is 54.6 Å². The first-order valence-electron chi connectivity index (χ1n) is 12.6. The zero-order valence-corrected chi connectivity index (χ0v) is 21.5. The molecule has 1 N–H and O–H groups in total. The third-order valence-electron chi connectivity index (χ3n) is 6.62. The molecule has 0 saturated carbocycles. The van der Waals surface area contributed by atoms with Gasteiger partial charge in [-0.1, -0.05) is 43.3 Å². The number of carbonyl (C=O) groups is 2. The number of para-hydroxylation sites is 1. The Morgan fingerprint density at radius 2 is 1.80 bits per heavy atom. The highest BCUT2D eigenvalue weighted by molar-refractivity contribution is 5.95. The molecule has 2 aliphatic rings. The van der Waals surface area contributed by atoms with Crippen LogP contribution >= 0.6 is 0 Å². The number of amides is 2. The fraction of sp³-hybridized carbons (Fsp3) is 0.448. The summed E-state index contributed by atoms with van der Waals surface area (Å²) in [5.74, 6) is 0.166. The van der Waals surface area contributed by atoms with E-state index in [0.717, 1.165) is 29.8 Å². The van der Waals surface area contributed by atoms with Gasteiger partial charge in [0.1, 0.15) is 5.60 Å². The van der Waals surface area contributed by atoms with E-state index in [4.69, 9.17) is 4.74 Å². The lowest BCUT2D eigenvalue weighted by atomic mass is 9.91. The quantitative estimate of drug-likeness (QED) is 0.556. The molecule has 0 bridgehead atoms. The molecule has 0 saturated heterocycles. The molecule has 2 amide bonds. The molecule has 186 valence electrons. The van der Waals surface area contributed by atoms with Crippen LogP contribution in [-0.4, -0.2) is 41.6 Å². The Labute approximate surface area is 208 Å². The standard InChI is InChI=1S/C29H37N3O3/c1-6-27(33)32-20(2)19-25(24-9-7-8-10-26(24)32)30-23-13-11-21(12-14-23)22-15-17-31(18-16-22)28(34)35-29(3,4)5/h7-15,20,25,30H,6,16-19H2,1-5H3/t20-,25+/m0/s1. The Morgan fingerprint density at radius 3 is 2.43 bits per heavy atom. The second kappa shape index (κ2) is 10.1. The lowest BCUT2D eigenvalue weighted by Crippen LogP contribution is -2.44. The summed E-state index contributed by atoms with van der Waals surface area (Å²) in [6.45, 7) is 10.9. The Hall–Kier alpha value is -3.28. The number of carbonyl (C=O) groups excluding carboxylic acids is 2. The van der Waals surface area contributed by atoms with E-state index in [1.165, 1.54) is 11.1 Å². The summed E-state index contributed by atoms with van der Waals surface area (Å²) in [7, 11) is 0. The van der Waals surface area contributed by atoms with Gasteiger partial charge in [-0.15, -0.1) is 0 Å². The van der Waals surface area contributed by atoms with Gasteiger partial charge in [0.15, 0.2) is 0 Å². The maximum absolute atomic E-state index is 12.6. The molecule has 2 aromatic carbocycles. The number of rotatable bonds is 4. The van der Waals surface area contributed by atoms with E-state index in [1.807, 2.05) is 50.8 Å². The fourth-order valence-corrected chi connectivity index (χ4v) is 4.91. The van der Waals surface area contributed by atoms with E-state index in [1.54, 1.807) is 4.90 Å². The summed E-state index contributed by atoms with van der Waals surface area (Å²) >= 11 is 0. The van der Waals surface area contributed by atoms with E-state index in [9.17, 15) is 9.59 Å². The van der Waals surface area contributed by atoms with Crippen LogP contribution in [0.4, 0.5) is 16.2 Å². The van der Waals surface area contributed by atoms with Gasteiger partial charge < -0.3 is 19.9 Å². The van der Waals surface area contributed by atoms with E-state index in [0.29, 0.717) is 19.5 Å². The summed E-state index contributed by atoms with van der Waals surface area (Å²) in [5.41, 5.74) is 5.17. The Morgan fingerprint density at radius 1 is 1.09 bits per heavy atom. The Kier molecular flexibility index (Phi) is 7.20. The molecule has 2 aliphatic heterocycles. The molecule has 0 radical (unpaired) electrons. The first-order valence-corrected chi connectivity index (χ1v) is 12.6. The Bertz CT molecular complexity index is 1100. The molecule has 35 heavy (non-hydrogen) atoms. The van der Waals surface area contributed by atoms with Crippen molar-refractivity contribution < 1.29 is 14.3 Å². The van der Waals surface area contributed by atoms with Crippen molar-refractivity contribution in [1.82, 2.24) is 4.90 Å². The second-order valence-electron chi connectivity index (χ2n) is 10.4. The minimum Gasteiger partial charge on any atom is -0.444 e. The first kappa shape index (κ1) is 24.8. The molecule has 4 rings (SSSR count). The van der Waals surface area contributed by atoms with Crippen LogP contribution in [0.5, 0.6) is 0 Å². The summed E-state index contributed by atoms with van der Waals surface area (Å²) < 4.78 is 5.49. The maximum atomic E-state index is 12.6. The molecule has 0 spiro atoms. The average Bonchev–Trinajstić information content (AvgIpc) is 2.83. The van der Waals surface area contributed by atoms with Gasteiger partial charge in [-0.05, 0) is 75.4 Å².